The Morgan fingerprint density at radius 2 is 0.923 bits per heavy atom. The molecule has 6 rings (SSSR count). The summed E-state index contributed by atoms with van der Waals surface area (Å²) in [5, 5.41) is 6.24. The van der Waals surface area contributed by atoms with Crippen LogP contribution in [-0.4, -0.2) is 84.5 Å². The zero-order chi connectivity index (χ0) is 37.5. The number of nitrogens with zero attached hydrogens (tertiary/aromatic N) is 2. The maximum absolute atomic E-state index is 12.9. The predicted octanol–water partition coefficient (Wildman–Crippen LogP) is 9.13. The second-order valence-electron chi connectivity index (χ2n) is 14.2. The zero-order valence-corrected chi connectivity index (χ0v) is 31.5. The summed E-state index contributed by atoms with van der Waals surface area (Å²) in [6.45, 7) is 4.31. The van der Waals surface area contributed by atoms with Crippen molar-refractivity contribution >= 4 is 35.3 Å². The molecule has 0 radical (unpaired) electrons. The van der Waals surface area contributed by atoms with Crippen molar-refractivity contribution in [2.24, 2.45) is 0 Å². The summed E-state index contributed by atoms with van der Waals surface area (Å²) >= 11 is 2.34. The highest BCUT2D eigenvalue weighted by Crippen LogP contribution is 2.35. The quantitative estimate of drug-likeness (QED) is 0.206. The number of hydrogen-bond acceptors (Lipinski definition) is 6. The van der Waals surface area contributed by atoms with E-state index in [-0.39, 0.29) is 23.9 Å². The second kappa shape index (κ2) is 18.3. The highest BCUT2D eigenvalue weighted by molar-refractivity contribution is 7.99. The van der Waals surface area contributed by atoms with E-state index in [2.05, 4.69) is 20.4 Å². The van der Waals surface area contributed by atoms with Crippen LogP contribution < -0.4 is 10.6 Å². The second-order valence-corrected chi connectivity index (χ2v) is 15.9. The highest BCUT2D eigenvalue weighted by atomic mass is 32.2. The fourth-order valence-corrected chi connectivity index (χ4v) is 9.43. The average molecular weight is 773 g/mol. The summed E-state index contributed by atoms with van der Waals surface area (Å²) < 4.78 is 77.5. The third-order valence-corrected chi connectivity index (χ3v) is 12.4. The third-order valence-electron chi connectivity index (χ3n) is 10.9. The number of thioether (sulfide) groups is 2. The lowest BCUT2D eigenvalue weighted by molar-refractivity contribution is -0.138. The van der Waals surface area contributed by atoms with Crippen molar-refractivity contribution in [1.82, 2.24) is 20.4 Å². The molecule has 14 heteroatoms. The molecule has 4 fully saturated rings. The molecule has 0 unspecified atom stereocenters. The number of amides is 2. The lowest BCUT2D eigenvalue weighted by Crippen LogP contribution is -2.52. The normalized spacial score (nSPS) is 24.6. The minimum Gasteiger partial charge on any atom is -0.348 e. The van der Waals surface area contributed by atoms with Gasteiger partial charge < -0.3 is 10.6 Å². The van der Waals surface area contributed by atoms with Gasteiger partial charge in [-0.25, -0.2) is 0 Å². The van der Waals surface area contributed by atoms with Gasteiger partial charge in [0.05, 0.1) is 22.3 Å². The van der Waals surface area contributed by atoms with Crippen molar-refractivity contribution in [2.75, 3.05) is 38.7 Å². The van der Waals surface area contributed by atoms with E-state index in [1.54, 1.807) is 12.5 Å². The van der Waals surface area contributed by atoms with Crippen LogP contribution in [0.25, 0.3) is 0 Å². The molecule has 288 valence electrons. The van der Waals surface area contributed by atoms with Crippen LogP contribution in [0.2, 0.25) is 0 Å². The van der Waals surface area contributed by atoms with Crippen LogP contribution in [0, 0.1) is 0 Å². The first kappa shape index (κ1) is 40.8. The number of carbonyl (C=O) groups excluding carboxylic acids is 2. The van der Waals surface area contributed by atoms with Gasteiger partial charge in [0, 0.05) is 34.0 Å². The Morgan fingerprint density at radius 1 is 0.577 bits per heavy atom. The molecule has 6 nitrogen and oxygen atoms in total. The molecule has 2 saturated heterocycles. The molecule has 2 aromatic rings. The Labute approximate surface area is 311 Å². The van der Waals surface area contributed by atoms with Crippen LogP contribution in [0.4, 0.5) is 26.3 Å². The lowest BCUT2D eigenvalue weighted by atomic mass is 9.89. The summed E-state index contributed by atoms with van der Waals surface area (Å²) in [5.74, 6) is -0.529. The van der Waals surface area contributed by atoms with Crippen LogP contribution in [-0.2, 0) is 12.4 Å². The van der Waals surface area contributed by atoms with Crippen LogP contribution in [0.5, 0.6) is 0 Å². The summed E-state index contributed by atoms with van der Waals surface area (Å²) in [6.07, 6.45) is 7.92. The minimum atomic E-state index is -4.40. The van der Waals surface area contributed by atoms with Crippen LogP contribution >= 0.6 is 23.5 Å². The van der Waals surface area contributed by atoms with Gasteiger partial charge in [-0.05, 0) is 126 Å². The number of hydrogen-bond donors (Lipinski definition) is 2. The van der Waals surface area contributed by atoms with Crippen molar-refractivity contribution in [1.29, 1.82) is 0 Å². The van der Waals surface area contributed by atoms with Crippen molar-refractivity contribution in [3.63, 3.8) is 0 Å². The fraction of sp³-hybridized carbons (Fsp3) is 0.632. The van der Waals surface area contributed by atoms with Gasteiger partial charge in [0.15, 0.2) is 0 Å². The summed E-state index contributed by atoms with van der Waals surface area (Å²) in [6, 6.07) is 7.58. The van der Waals surface area contributed by atoms with Gasteiger partial charge in [-0.15, -0.1) is 23.5 Å². The topological polar surface area (TPSA) is 64.7 Å². The molecule has 2 heterocycles. The van der Waals surface area contributed by atoms with E-state index in [1.165, 1.54) is 74.2 Å². The molecule has 2 N–H and O–H groups in total. The smallest absolute Gasteiger partial charge is 0.348 e. The monoisotopic (exact) mass is 772 g/mol. The van der Waals surface area contributed by atoms with E-state index in [4.69, 9.17) is 0 Å². The standard InChI is InChI=1S/2C19H25F3N2OS/c2*1-26-17-12-13(19(20,21)22)8-9-14(17)18(25)23-15-6-2-3-7-16(15)24-10-4-5-11-24/h2*8-9,12,15-16H,2-7,10-11H2,1H3,(H,23,25)/t2*15-,16+/m10/s1. The summed E-state index contributed by atoms with van der Waals surface area (Å²) in [7, 11) is 0. The molecule has 2 saturated carbocycles. The van der Waals surface area contributed by atoms with E-state index >= 15 is 0 Å². The Morgan fingerprint density at radius 3 is 1.25 bits per heavy atom. The van der Waals surface area contributed by atoms with E-state index in [9.17, 15) is 35.9 Å². The van der Waals surface area contributed by atoms with E-state index in [0.29, 0.717) is 33.0 Å². The van der Waals surface area contributed by atoms with Crippen LogP contribution in [0.15, 0.2) is 46.2 Å². The largest absolute Gasteiger partial charge is 0.416 e. The van der Waals surface area contributed by atoms with Crippen molar-refractivity contribution in [3.8, 4) is 0 Å². The van der Waals surface area contributed by atoms with Gasteiger partial charge in [0.25, 0.3) is 11.8 Å². The number of benzene rings is 2. The first-order valence-corrected chi connectivity index (χ1v) is 20.9. The maximum atomic E-state index is 12.9. The number of alkyl halides is 6. The van der Waals surface area contributed by atoms with Gasteiger partial charge in [0.2, 0.25) is 0 Å². The molecule has 0 bridgehead atoms. The number of rotatable bonds is 8. The molecule has 2 aromatic carbocycles. The average Bonchev–Trinajstić information content (AvgIpc) is 3.87. The highest BCUT2D eigenvalue weighted by Gasteiger charge is 2.36. The summed E-state index contributed by atoms with van der Waals surface area (Å²) in [5.41, 5.74) is -0.774. The van der Waals surface area contributed by atoms with E-state index < -0.39 is 23.5 Å². The Balaban J connectivity index is 0.000000201. The van der Waals surface area contributed by atoms with Crippen molar-refractivity contribution < 1.29 is 35.9 Å². The molecule has 2 amide bonds. The molecule has 4 atom stereocenters. The minimum absolute atomic E-state index is 0.0753. The predicted molar refractivity (Wildman–Crippen MR) is 195 cm³/mol. The van der Waals surface area contributed by atoms with E-state index in [0.717, 1.165) is 89.0 Å². The Bertz CT molecular complexity index is 1400. The van der Waals surface area contributed by atoms with Gasteiger partial charge in [0.1, 0.15) is 0 Å². The SMILES string of the molecule is CSc1cc(C(F)(F)F)ccc1C(=O)N[C@@H]1CCCC[C@@H]1N1CCCC1.CSc1cc(C(F)(F)F)ccc1C(=O)N[C@H]1CCCC[C@H]1N1CCCC1. The molecular formula is C38H50F6N4O2S2. The molecular weight excluding hydrogens is 723 g/mol. The zero-order valence-electron chi connectivity index (χ0n) is 29.9. The number of halogens is 6. The first-order valence-electron chi connectivity index (χ1n) is 18.4. The van der Waals surface area contributed by atoms with E-state index in [1.807, 2.05) is 0 Å². The molecule has 0 spiro atoms. The van der Waals surface area contributed by atoms with Crippen LogP contribution in [0.1, 0.15) is 109 Å². The van der Waals surface area contributed by atoms with Gasteiger partial charge in [-0.1, -0.05) is 25.7 Å². The van der Waals surface area contributed by atoms with Gasteiger partial charge >= 0.3 is 12.4 Å². The fourth-order valence-electron chi connectivity index (χ4n) is 8.18. The molecule has 52 heavy (non-hydrogen) atoms. The summed E-state index contributed by atoms with van der Waals surface area (Å²) in [4.78, 5) is 31.2. The van der Waals surface area contributed by atoms with Crippen LogP contribution in [0.3, 0.4) is 0 Å². The molecule has 0 aromatic heterocycles. The number of nitrogens with one attached hydrogen (secondary N) is 2. The molecule has 2 aliphatic heterocycles. The third kappa shape index (κ3) is 10.4. The van der Waals surface area contributed by atoms with Crippen molar-refractivity contribution in [3.05, 3.63) is 58.7 Å². The van der Waals surface area contributed by atoms with Crippen molar-refractivity contribution in [2.45, 2.75) is 123 Å². The first-order chi connectivity index (χ1) is 24.8. The number of carbonyl (C=O) groups is 2. The Kier molecular flexibility index (Phi) is 14.3. The lowest BCUT2D eigenvalue weighted by Gasteiger charge is -2.38. The molecule has 4 aliphatic rings. The number of likely N-dealkylation sites (tertiary alicyclic amines) is 2. The molecule has 2 aliphatic carbocycles. The van der Waals surface area contributed by atoms with Gasteiger partial charge in [-0.2, -0.15) is 26.3 Å². The Hall–Kier alpha value is -2.42. The maximum Gasteiger partial charge on any atom is 0.416 e. The van der Waals surface area contributed by atoms with Gasteiger partial charge in [-0.3, -0.25) is 19.4 Å².